The predicted octanol–water partition coefficient (Wildman–Crippen LogP) is 1.91. The molecule has 0 aromatic heterocycles. The maximum atomic E-state index is 12.5. The van der Waals surface area contributed by atoms with E-state index in [1.807, 2.05) is 35.2 Å². The number of nitrogens with zero attached hydrogens (tertiary/aromatic N) is 1. The van der Waals surface area contributed by atoms with Gasteiger partial charge in [-0.2, -0.15) is 0 Å². The van der Waals surface area contributed by atoms with E-state index in [2.05, 4.69) is 12.1 Å². The molecule has 0 saturated carbocycles. The lowest BCUT2D eigenvalue weighted by atomic mass is 9.98. The number of sulfonamides is 1. The van der Waals surface area contributed by atoms with Crippen molar-refractivity contribution in [1.82, 2.24) is 4.90 Å². The van der Waals surface area contributed by atoms with E-state index < -0.39 is 10.0 Å². The minimum Gasteiger partial charge on any atom is -0.342 e. The van der Waals surface area contributed by atoms with Gasteiger partial charge in [0.2, 0.25) is 15.9 Å². The first-order chi connectivity index (χ1) is 11.4. The van der Waals surface area contributed by atoms with Crippen molar-refractivity contribution in [2.45, 2.75) is 19.3 Å². The van der Waals surface area contributed by atoms with Gasteiger partial charge in [0, 0.05) is 13.1 Å². The van der Waals surface area contributed by atoms with Crippen molar-refractivity contribution in [3.05, 3.63) is 48.0 Å². The van der Waals surface area contributed by atoms with Gasteiger partial charge in [0.25, 0.3) is 0 Å². The minimum atomic E-state index is -3.43. The second-order valence-electron chi connectivity index (χ2n) is 6.51. The number of rotatable bonds is 4. The third kappa shape index (κ3) is 4.33. The Morgan fingerprint density at radius 2 is 1.75 bits per heavy atom. The van der Waals surface area contributed by atoms with Gasteiger partial charge >= 0.3 is 0 Å². The van der Waals surface area contributed by atoms with Gasteiger partial charge in [-0.05, 0) is 35.1 Å². The minimum absolute atomic E-state index is 0.0136. The number of primary sulfonamides is 1. The van der Waals surface area contributed by atoms with Gasteiger partial charge in [-0.25, -0.2) is 13.6 Å². The van der Waals surface area contributed by atoms with Crippen LogP contribution in [0.1, 0.15) is 18.4 Å². The number of amides is 1. The molecule has 1 aliphatic rings. The molecule has 0 atom stereocenters. The molecule has 1 aliphatic heterocycles. The Morgan fingerprint density at radius 1 is 1.08 bits per heavy atom. The first kappa shape index (κ1) is 16.9. The highest BCUT2D eigenvalue weighted by Crippen LogP contribution is 2.20. The quantitative estimate of drug-likeness (QED) is 0.918. The Balaban J connectivity index is 1.59. The Labute approximate surface area is 142 Å². The molecule has 3 rings (SSSR count). The zero-order chi connectivity index (χ0) is 17.2. The van der Waals surface area contributed by atoms with Gasteiger partial charge in [0.15, 0.2) is 0 Å². The number of hydrogen-bond donors (Lipinski definition) is 1. The number of fused-ring (bicyclic) bond motifs is 1. The van der Waals surface area contributed by atoms with Crippen LogP contribution in [0.2, 0.25) is 0 Å². The van der Waals surface area contributed by atoms with Crippen LogP contribution < -0.4 is 5.14 Å². The van der Waals surface area contributed by atoms with E-state index in [0.29, 0.717) is 32.4 Å². The molecule has 1 heterocycles. The molecule has 2 aromatic rings. The lowest BCUT2D eigenvalue weighted by Crippen LogP contribution is -2.41. The number of benzene rings is 2. The normalized spacial score (nSPS) is 16.5. The van der Waals surface area contributed by atoms with Crippen LogP contribution in [0, 0.1) is 5.92 Å². The summed E-state index contributed by atoms with van der Waals surface area (Å²) in [5.74, 6) is 0.170. The highest BCUT2D eigenvalue weighted by molar-refractivity contribution is 7.89. The molecule has 2 N–H and O–H groups in total. The largest absolute Gasteiger partial charge is 0.342 e. The fourth-order valence-electron chi connectivity index (χ4n) is 3.31. The fraction of sp³-hybridized carbons (Fsp3) is 0.389. The predicted molar refractivity (Wildman–Crippen MR) is 94.9 cm³/mol. The van der Waals surface area contributed by atoms with Crippen LogP contribution in [0.25, 0.3) is 10.8 Å². The van der Waals surface area contributed by atoms with Crippen molar-refractivity contribution in [2.75, 3.05) is 18.8 Å². The zero-order valence-corrected chi connectivity index (χ0v) is 14.3. The van der Waals surface area contributed by atoms with E-state index in [4.69, 9.17) is 5.14 Å². The summed E-state index contributed by atoms with van der Waals surface area (Å²) in [7, 11) is -3.43. The Morgan fingerprint density at radius 3 is 2.42 bits per heavy atom. The second kappa shape index (κ2) is 6.91. The molecule has 1 amide bonds. The van der Waals surface area contributed by atoms with Crippen molar-refractivity contribution in [1.29, 1.82) is 0 Å². The SMILES string of the molecule is NS(=O)(=O)CC1CCN(C(=O)Cc2ccc3ccccc3c2)CC1. The average Bonchev–Trinajstić information content (AvgIpc) is 2.54. The highest BCUT2D eigenvalue weighted by atomic mass is 32.2. The van der Waals surface area contributed by atoms with Gasteiger partial charge in [-0.1, -0.05) is 42.5 Å². The summed E-state index contributed by atoms with van der Waals surface area (Å²) in [5.41, 5.74) is 1.00. The first-order valence-electron chi connectivity index (χ1n) is 8.17. The first-order valence-corrected chi connectivity index (χ1v) is 9.88. The van der Waals surface area contributed by atoms with Gasteiger partial charge in [-0.3, -0.25) is 4.79 Å². The number of likely N-dealkylation sites (tertiary alicyclic amines) is 1. The Hall–Kier alpha value is -1.92. The molecule has 0 spiro atoms. The maximum absolute atomic E-state index is 12.5. The summed E-state index contributed by atoms with van der Waals surface area (Å²) < 4.78 is 22.3. The molecular weight excluding hydrogens is 324 g/mol. The Kier molecular flexibility index (Phi) is 4.87. The number of hydrogen-bond acceptors (Lipinski definition) is 3. The topological polar surface area (TPSA) is 80.5 Å². The number of piperidine rings is 1. The monoisotopic (exact) mass is 346 g/mol. The van der Waals surface area contributed by atoms with Crippen LogP contribution >= 0.6 is 0 Å². The van der Waals surface area contributed by atoms with Crippen LogP contribution in [0.5, 0.6) is 0 Å². The molecule has 24 heavy (non-hydrogen) atoms. The molecule has 6 heteroatoms. The van der Waals surface area contributed by atoms with Gasteiger partial charge in [0.1, 0.15) is 0 Å². The molecule has 128 valence electrons. The molecule has 0 unspecified atom stereocenters. The van der Waals surface area contributed by atoms with E-state index in [1.54, 1.807) is 0 Å². The number of carbonyl (C=O) groups excluding carboxylic acids is 1. The van der Waals surface area contributed by atoms with E-state index in [-0.39, 0.29) is 17.6 Å². The van der Waals surface area contributed by atoms with Crippen molar-refractivity contribution >= 4 is 26.7 Å². The van der Waals surface area contributed by atoms with Crippen LogP contribution in [0.15, 0.2) is 42.5 Å². The van der Waals surface area contributed by atoms with Crippen molar-refractivity contribution in [3.8, 4) is 0 Å². The van der Waals surface area contributed by atoms with E-state index in [0.717, 1.165) is 16.3 Å². The lowest BCUT2D eigenvalue weighted by molar-refractivity contribution is -0.131. The Bertz CT molecular complexity index is 840. The molecule has 5 nitrogen and oxygen atoms in total. The third-order valence-corrected chi connectivity index (χ3v) is 5.54. The molecule has 1 fully saturated rings. The van der Waals surface area contributed by atoms with Crippen LogP contribution in [0.4, 0.5) is 0 Å². The number of carbonyl (C=O) groups is 1. The standard InChI is InChI=1S/C18H22N2O3S/c19-24(22,23)13-14-7-9-20(10-8-14)18(21)12-15-5-6-16-3-1-2-4-17(16)11-15/h1-6,11,14H,7-10,12-13H2,(H2,19,22,23). The summed E-state index contributed by atoms with van der Waals surface area (Å²) in [6, 6.07) is 14.2. The third-order valence-electron chi connectivity index (χ3n) is 4.60. The van der Waals surface area contributed by atoms with Crippen molar-refractivity contribution in [3.63, 3.8) is 0 Å². The molecule has 1 saturated heterocycles. The van der Waals surface area contributed by atoms with Crippen molar-refractivity contribution in [2.24, 2.45) is 11.1 Å². The van der Waals surface area contributed by atoms with Crippen LogP contribution in [-0.2, 0) is 21.2 Å². The molecule has 0 radical (unpaired) electrons. The van der Waals surface area contributed by atoms with Gasteiger partial charge in [-0.15, -0.1) is 0 Å². The summed E-state index contributed by atoms with van der Waals surface area (Å²) >= 11 is 0. The fourth-order valence-corrected chi connectivity index (χ4v) is 4.30. The molecule has 2 aromatic carbocycles. The van der Waals surface area contributed by atoms with Crippen LogP contribution in [-0.4, -0.2) is 38.1 Å². The zero-order valence-electron chi connectivity index (χ0n) is 13.5. The molecule has 0 bridgehead atoms. The summed E-state index contributed by atoms with van der Waals surface area (Å²) in [6.07, 6.45) is 1.77. The summed E-state index contributed by atoms with van der Waals surface area (Å²) in [5, 5.41) is 7.40. The average molecular weight is 346 g/mol. The maximum Gasteiger partial charge on any atom is 0.226 e. The lowest BCUT2D eigenvalue weighted by Gasteiger charge is -2.31. The van der Waals surface area contributed by atoms with Crippen molar-refractivity contribution < 1.29 is 13.2 Å². The summed E-state index contributed by atoms with van der Waals surface area (Å²) in [4.78, 5) is 14.3. The second-order valence-corrected chi connectivity index (χ2v) is 8.17. The summed E-state index contributed by atoms with van der Waals surface area (Å²) in [6.45, 7) is 1.21. The smallest absolute Gasteiger partial charge is 0.226 e. The molecule has 0 aliphatic carbocycles. The molecular formula is C18H22N2O3S. The van der Waals surface area contributed by atoms with Gasteiger partial charge in [0.05, 0.1) is 12.2 Å². The van der Waals surface area contributed by atoms with Gasteiger partial charge < -0.3 is 4.90 Å². The van der Waals surface area contributed by atoms with E-state index in [9.17, 15) is 13.2 Å². The van der Waals surface area contributed by atoms with E-state index >= 15 is 0 Å². The van der Waals surface area contributed by atoms with E-state index in [1.165, 1.54) is 0 Å². The number of nitrogens with two attached hydrogens (primary N) is 1. The highest BCUT2D eigenvalue weighted by Gasteiger charge is 2.25. The van der Waals surface area contributed by atoms with Crippen LogP contribution in [0.3, 0.4) is 0 Å².